The quantitative estimate of drug-likeness (QED) is 0.869. The zero-order valence-corrected chi connectivity index (χ0v) is 11.4. The molecule has 1 aromatic carbocycles. The topological polar surface area (TPSA) is 47.0 Å². The molecule has 0 aliphatic rings. The van der Waals surface area contributed by atoms with Gasteiger partial charge in [0, 0.05) is 5.38 Å². The summed E-state index contributed by atoms with van der Waals surface area (Å²) >= 11 is 1.36. The molecule has 0 bridgehead atoms. The van der Waals surface area contributed by atoms with Gasteiger partial charge in [-0.15, -0.1) is 5.10 Å². The maximum Gasteiger partial charge on any atom is 0.142 e. The van der Waals surface area contributed by atoms with E-state index in [2.05, 4.69) is 28.8 Å². The van der Waals surface area contributed by atoms with Crippen molar-refractivity contribution in [3.63, 3.8) is 0 Å². The fourth-order valence-electron chi connectivity index (χ4n) is 1.44. The van der Waals surface area contributed by atoms with E-state index in [0.29, 0.717) is 12.5 Å². The van der Waals surface area contributed by atoms with Crippen molar-refractivity contribution in [1.29, 1.82) is 0 Å². The van der Waals surface area contributed by atoms with E-state index in [-0.39, 0.29) is 0 Å². The third kappa shape index (κ3) is 3.70. The molecular weight excluding hydrogens is 246 g/mol. The zero-order valence-electron chi connectivity index (χ0n) is 10.6. The van der Waals surface area contributed by atoms with E-state index in [4.69, 9.17) is 4.74 Å². The first kappa shape index (κ1) is 12.8. The van der Waals surface area contributed by atoms with Gasteiger partial charge in [0.25, 0.3) is 0 Å². The van der Waals surface area contributed by atoms with Crippen molar-refractivity contribution >= 4 is 17.2 Å². The van der Waals surface area contributed by atoms with Crippen LogP contribution in [0.4, 0.5) is 5.69 Å². The molecule has 0 atom stereocenters. The highest BCUT2D eigenvalue weighted by molar-refractivity contribution is 7.03. The molecule has 96 valence electrons. The maximum atomic E-state index is 5.77. The van der Waals surface area contributed by atoms with Crippen LogP contribution >= 0.6 is 11.5 Å². The molecule has 1 heterocycles. The largest absolute Gasteiger partial charge is 0.491 e. The van der Waals surface area contributed by atoms with Crippen LogP contribution in [0, 0.1) is 5.92 Å². The highest BCUT2D eigenvalue weighted by atomic mass is 32.1. The Morgan fingerprint density at radius 3 is 2.89 bits per heavy atom. The van der Waals surface area contributed by atoms with Crippen LogP contribution in [0.2, 0.25) is 0 Å². The lowest BCUT2D eigenvalue weighted by Crippen LogP contribution is -2.07. The van der Waals surface area contributed by atoms with Crippen LogP contribution in [-0.2, 0) is 6.54 Å². The van der Waals surface area contributed by atoms with Gasteiger partial charge in [0.1, 0.15) is 5.75 Å². The lowest BCUT2D eigenvalue weighted by molar-refractivity contribution is 0.272. The van der Waals surface area contributed by atoms with Crippen molar-refractivity contribution < 1.29 is 4.74 Å². The van der Waals surface area contributed by atoms with E-state index in [0.717, 1.165) is 23.7 Å². The average Bonchev–Trinajstić information content (AvgIpc) is 2.88. The van der Waals surface area contributed by atoms with E-state index in [1.165, 1.54) is 11.5 Å². The summed E-state index contributed by atoms with van der Waals surface area (Å²) < 4.78 is 9.61. The number of nitrogens with one attached hydrogen (secondary N) is 1. The normalized spacial score (nSPS) is 10.6. The summed E-state index contributed by atoms with van der Waals surface area (Å²) in [6.45, 7) is 5.66. The lowest BCUT2D eigenvalue weighted by atomic mass is 10.2. The molecule has 0 spiro atoms. The SMILES string of the molecule is CC(C)COc1ccccc1NCc1csnn1. The average molecular weight is 263 g/mol. The Hall–Kier alpha value is -1.62. The number of hydrogen-bond donors (Lipinski definition) is 1. The van der Waals surface area contributed by atoms with Gasteiger partial charge in [0.05, 0.1) is 24.5 Å². The first-order chi connectivity index (χ1) is 8.75. The van der Waals surface area contributed by atoms with E-state index < -0.39 is 0 Å². The molecule has 5 heteroatoms. The van der Waals surface area contributed by atoms with Crippen molar-refractivity contribution in [2.75, 3.05) is 11.9 Å². The number of ether oxygens (including phenoxy) is 1. The van der Waals surface area contributed by atoms with Gasteiger partial charge < -0.3 is 10.1 Å². The van der Waals surface area contributed by atoms with Crippen LogP contribution in [0.3, 0.4) is 0 Å². The van der Waals surface area contributed by atoms with Gasteiger partial charge in [-0.3, -0.25) is 0 Å². The predicted octanol–water partition coefficient (Wildman–Crippen LogP) is 3.19. The van der Waals surface area contributed by atoms with Gasteiger partial charge in [-0.2, -0.15) is 0 Å². The maximum absolute atomic E-state index is 5.77. The Balaban J connectivity index is 1.98. The fraction of sp³-hybridized carbons (Fsp3) is 0.385. The second-order valence-corrected chi connectivity index (χ2v) is 5.06. The number of aromatic nitrogens is 2. The highest BCUT2D eigenvalue weighted by Crippen LogP contribution is 2.24. The minimum Gasteiger partial charge on any atom is -0.491 e. The van der Waals surface area contributed by atoms with Gasteiger partial charge in [-0.1, -0.05) is 30.5 Å². The minimum atomic E-state index is 0.515. The van der Waals surface area contributed by atoms with Crippen molar-refractivity contribution in [1.82, 2.24) is 9.59 Å². The standard InChI is InChI=1S/C13H17N3OS/c1-10(2)8-17-13-6-4-3-5-12(13)14-7-11-9-18-16-15-11/h3-6,9-10,14H,7-8H2,1-2H3. The Morgan fingerprint density at radius 2 is 2.17 bits per heavy atom. The molecule has 18 heavy (non-hydrogen) atoms. The molecule has 1 N–H and O–H groups in total. The smallest absolute Gasteiger partial charge is 0.142 e. The molecule has 0 amide bonds. The zero-order chi connectivity index (χ0) is 12.8. The molecule has 0 aliphatic heterocycles. The van der Waals surface area contributed by atoms with Crippen molar-refractivity contribution in [3.8, 4) is 5.75 Å². The Labute approximate surface area is 111 Å². The van der Waals surface area contributed by atoms with Crippen molar-refractivity contribution in [2.45, 2.75) is 20.4 Å². The van der Waals surface area contributed by atoms with Crippen LogP contribution in [0.15, 0.2) is 29.6 Å². The molecule has 0 aliphatic carbocycles. The fourth-order valence-corrected chi connectivity index (χ4v) is 1.89. The summed E-state index contributed by atoms with van der Waals surface area (Å²) in [5.41, 5.74) is 1.94. The van der Waals surface area contributed by atoms with E-state index >= 15 is 0 Å². The van der Waals surface area contributed by atoms with Gasteiger partial charge in [0.15, 0.2) is 0 Å². The molecule has 0 radical (unpaired) electrons. The first-order valence-corrected chi connectivity index (χ1v) is 6.81. The number of benzene rings is 1. The monoisotopic (exact) mass is 263 g/mol. The number of rotatable bonds is 6. The van der Waals surface area contributed by atoms with Crippen molar-refractivity contribution in [3.05, 3.63) is 35.3 Å². The lowest BCUT2D eigenvalue weighted by Gasteiger charge is -2.13. The number of para-hydroxylation sites is 2. The molecule has 0 saturated heterocycles. The Morgan fingerprint density at radius 1 is 1.33 bits per heavy atom. The van der Waals surface area contributed by atoms with Gasteiger partial charge in [0.2, 0.25) is 0 Å². The molecule has 4 nitrogen and oxygen atoms in total. The third-order valence-corrected chi connectivity index (χ3v) is 2.88. The highest BCUT2D eigenvalue weighted by Gasteiger charge is 2.04. The summed E-state index contributed by atoms with van der Waals surface area (Å²) in [4.78, 5) is 0. The second-order valence-electron chi connectivity index (χ2n) is 4.45. The molecule has 0 unspecified atom stereocenters. The number of anilines is 1. The summed E-state index contributed by atoms with van der Waals surface area (Å²) in [6, 6.07) is 7.95. The van der Waals surface area contributed by atoms with Gasteiger partial charge in [-0.25, -0.2) is 0 Å². The molecule has 0 fully saturated rings. The molecule has 2 rings (SSSR count). The number of nitrogens with zero attached hydrogens (tertiary/aromatic N) is 2. The van der Waals surface area contributed by atoms with Crippen LogP contribution in [0.5, 0.6) is 5.75 Å². The summed E-state index contributed by atoms with van der Waals surface area (Å²) in [6.07, 6.45) is 0. The Bertz CT molecular complexity index is 471. The van der Waals surface area contributed by atoms with Crippen LogP contribution in [0.1, 0.15) is 19.5 Å². The number of hydrogen-bond acceptors (Lipinski definition) is 5. The summed E-state index contributed by atoms with van der Waals surface area (Å²) in [7, 11) is 0. The third-order valence-electron chi connectivity index (χ3n) is 2.32. The first-order valence-electron chi connectivity index (χ1n) is 5.97. The molecule has 0 saturated carbocycles. The summed E-state index contributed by atoms with van der Waals surface area (Å²) in [5, 5.41) is 9.25. The summed E-state index contributed by atoms with van der Waals surface area (Å²) in [5.74, 6) is 1.40. The van der Waals surface area contributed by atoms with E-state index in [1.54, 1.807) is 0 Å². The van der Waals surface area contributed by atoms with E-state index in [1.807, 2.05) is 29.6 Å². The molecule has 2 aromatic rings. The van der Waals surface area contributed by atoms with Crippen LogP contribution < -0.4 is 10.1 Å². The van der Waals surface area contributed by atoms with Gasteiger partial charge in [-0.05, 0) is 29.6 Å². The van der Waals surface area contributed by atoms with Crippen LogP contribution in [-0.4, -0.2) is 16.2 Å². The second kappa shape index (κ2) is 6.35. The minimum absolute atomic E-state index is 0.515. The van der Waals surface area contributed by atoms with E-state index in [9.17, 15) is 0 Å². The Kier molecular flexibility index (Phi) is 4.52. The molecular formula is C13H17N3OS. The predicted molar refractivity (Wildman–Crippen MR) is 74.0 cm³/mol. The molecule has 1 aromatic heterocycles. The van der Waals surface area contributed by atoms with Gasteiger partial charge >= 0.3 is 0 Å². The van der Waals surface area contributed by atoms with Crippen LogP contribution in [0.25, 0.3) is 0 Å². The van der Waals surface area contributed by atoms with Crippen molar-refractivity contribution in [2.24, 2.45) is 5.92 Å².